The van der Waals surface area contributed by atoms with Gasteiger partial charge in [0, 0.05) is 0 Å². The van der Waals surface area contributed by atoms with Gasteiger partial charge in [0.05, 0.1) is 19.8 Å². The van der Waals surface area contributed by atoms with E-state index < -0.39 is 7.81 Å². The molecule has 0 fully saturated rings. The van der Waals surface area contributed by atoms with Crippen LogP contribution in [0.1, 0.15) is 19.8 Å². The normalized spacial score (nSPS) is 26.9. The Balaban J connectivity index is 0.000000360. The van der Waals surface area contributed by atoms with Gasteiger partial charge in [-0.3, -0.25) is 4.48 Å². The first-order chi connectivity index (χ1) is 7.72. The fourth-order valence-electron chi connectivity index (χ4n) is 1.38. The third kappa shape index (κ3) is 15.4. The van der Waals surface area contributed by atoms with E-state index in [1.165, 1.54) is 19.4 Å². The maximum absolute atomic E-state index is 10.7. The van der Waals surface area contributed by atoms with Crippen LogP contribution in [-0.4, -0.2) is 24.6 Å². The number of quaternary nitrogens is 1. The predicted octanol–water partition coefficient (Wildman–Crippen LogP) is 5.70. The summed E-state index contributed by atoms with van der Waals surface area (Å²) in [5.74, 6) is 0. The zero-order valence-corrected chi connectivity index (χ0v) is 11.2. The molecular weight excluding hydrogens is 279 g/mol. The van der Waals surface area contributed by atoms with Crippen LogP contribution in [0.15, 0.2) is 24.4 Å². The van der Waals surface area contributed by atoms with Gasteiger partial charge in [-0.2, -0.15) is 0 Å². The van der Waals surface area contributed by atoms with Gasteiger partial charge in [0.2, 0.25) is 0 Å². The number of hydrogen-bond donors (Lipinski definition) is 0. The van der Waals surface area contributed by atoms with Crippen LogP contribution in [0, 0.1) is 0 Å². The third-order valence-corrected chi connectivity index (χ3v) is 2.24. The van der Waals surface area contributed by atoms with E-state index in [1.807, 2.05) is 0 Å². The van der Waals surface area contributed by atoms with Crippen molar-refractivity contribution in [1.29, 1.82) is 0 Å². The molecule has 0 saturated heterocycles. The van der Waals surface area contributed by atoms with E-state index in [0.29, 0.717) is 0 Å². The summed E-state index contributed by atoms with van der Waals surface area (Å²) in [7, 11) is -8.37. The van der Waals surface area contributed by atoms with Gasteiger partial charge >= 0.3 is 33.0 Å². The van der Waals surface area contributed by atoms with E-state index in [9.17, 15) is 25.2 Å². The number of rotatable bonds is 3. The van der Waals surface area contributed by atoms with Crippen molar-refractivity contribution in [1.82, 2.24) is 0 Å². The standard InChI is InChI=1S/C10H18N.F6P/c1-3-4-8-11(2)9-6-5-7-10-11;1-7(2,3,4,5)6/h5-7,9H,3-4,8,10H2,1-2H3;/q+1;-1. The molecule has 0 spiro atoms. The summed E-state index contributed by atoms with van der Waals surface area (Å²) in [4.78, 5) is 0. The second-order valence-electron chi connectivity index (χ2n) is 4.47. The monoisotopic (exact) mass is 297 g/mol. The Hall–Kier alpha value is -0.550. The Morgan fingerprint density at radius 3 is 1.89 bits per heavy atom. The molecular formula is C10H18F6NP. The van der Waals surface area contributed by atoms with Crippen LogP contribution >= 0.6 is 7.81 Å². The molecule has 18 heavy (non-hydrogen) atoms. The molecule has 1 heterocycles. The summed E-state index contributed by atoms with van der Waals surface area (Å²) < 4.78 is 60.3. The number of likely N-dealkylation sites (N-methyl/N-ethyl adjacent to an activating group) is 1. The van der Waals surface area contributed by atoms with Gasteiger partial charge in [-0.1, -0.05) is 19.4 Å². The van der Waals surface area contributed by atoms with Crippen LogP contribution in [0.25, 0.3) is 0 Å². The molecule has 1 rings (SSSR count). The van der Waals surface area contributed by atoms with Crippen LogP contribution in [-0.2, 0) is 0 Å². The van der Waals surface area contributed by atoms with Crippen LogP contribution in [0.3, 0.4) is 0 Å². The summed E-state index contributed by atoms with van der Waals surface area (Å²) in [6, 6.07) is 0. The zero-order chi connectivity index (χ0) is 14.6. The molecule has 0 saturated carbocycles. The molecule has 0 aromatic carbocycles. The summed E-state index contributed by atoms with van der Waals surface area (Å²) in [6.45, 7) is 4.68. The molecule has 0 aromatic rings. The molecule has 1 unspecified atom stereocenters. The summed E-state index contributed by atoms with van der Waals surface area (Å²) in [5.41, 5.74) is 0. The van der Waals surface area contributed by atoms with Gasteiger partial charge in [-0.25, -0.2) is 0 Å². The van der Waals surface area contributed by atoms with Crippen molar-refractivity contribution in [3.63, 3.8) is 0 Å². The number of hydrogen-bond acceptors (Lipinski definition) is 0. The van der Waals surface area contributed by atoms with Crippen molar-refractivity contribution in [2.45, 2.75) is 19.8 Å². The van der Waals surface area contributed by atoms with Crippen LogP contribution in [0.4, 0.5) is 25.2 Å². The van der Waals surface area contributed by atoms with Gasteiger partial charge in [-0.05, 0) is 18.6 Å². The number of unbranched alkanes of at least 4 members (excludes halogenated alkanes) is 1. The molecule has 0 amide bonds. The van der Waals surface area contributed by atoms with E-state index in [1.54, 1.807) is 0 Å². The predicted molar refractivity (Wildman–Crippen MR) is 62.7 cm³/mol. The fourth-order valence-corrected chi connectivity index (χ4v) is 1.38. The van der Waals surface area contributed by atoms with Gasteiger partial charge in [0.25, 0.3) is 0 Å². The minimum atomic E-state index is -10.7. The van der Waals surface area contributed by atoms with Gasteiger partial charge in [0.1, 0.15) is 6.54 Å². The molecule has 1 nitrogen and oxygen atoms in total. The van der Waals surface area contributed by atoms with Crippen LogP contribution in [0.5, 0.6) is 0 Å². The van der Waals surface area contributed by atoms with E-state index in [0.717, 1.165) is 11.0 Å². The Morgan fingerprint density at radius 2 is 1.56 bits per heavy atom. The topological polar surface area (TPSA) is 0 Å². The second kappa shape index (κ2) is 4.85. The van der Waals surface area contributed by atoms with Crippen molar-refractivity contribution in [2.75, 3.05) is 20.1 Å². The first-order valence-corrected chi connectivity index (χ1v) is 7.50. The molecule has 1 atom stereocenters. The fraction of sp³-hybridized carbons (Fsp3) is 0.600. The molecule has 0 aromatic heterocycles. The summed E-state index contributed by atoms with van der Waals surface area (Å²) in [5, 5.41) is 0. The van der Waals surface area contributed by atoms with Crippen molar-refractivity contribution in [3.8, 4) is 0 Å². The Morgan fingerprint density at radius 1 is 1.06 bits per heavy atom. The Bertz CT molecular complexity index is 319. The van der Waals surface area contributed by atoms with E-state index in [4.69, 9.17) is 0 Å². The SMILES string of the molecule is CCCC[N+]1(C)C=CC=CC1.F[P-](F)(F)(F)(F)F. The molecule has 0 N–H and O–H groups in total. The van der Waals surface area contributed by atoms with E-state index in [-0.39, 0.29) is 0 Å². The molecule has 0 bridgehead atoms. The Kier molecular flexibility index (Phi) is 4.70. The zero-order valence-electron chi connectivity index (χ0n) is 10.3. The average molecular weight is 297 g/mol. The van der Waals surface area contributed by atoms with Gasteiger partial charge in [-0.15, -0.1) is 0 Å². The van der Waals surface area contributed by atoms with Crippen molar-refractivity contribution >= 4 is 7.81 Å². The molecule has 0 radical (unpaired) electrons. The molecule has 1 aliphatic rings. The molecule has 110 valence electrons. The first kappa shape index (κ1) is 17.4. The third-order valence-electron chi connectivity index (χ3n) is 2.24. The number of halogens is 6. The van der Waals surface area contributed by atoms with Gasteiger partial charge in [0.15, 0.2) is 0 Å². The molecule has 8 heteroatoms. The minimum absolute atomic E-state index is 1.09. The average Bonchev–Trinajstić information content (AvgIpc) is 2.11. The second-order valence-corrected chi connectivity index (χ2v) is 6.38. The molecule has 1 aliphatic heterocycles. The van der Waals surface area contributed by atoms with Crippen molar-refractivity contribution in [2.24, 2.45) is 0 Å². The summed E-state index contributed by atoms with van der Waals surface area (Å²) >= 11 is 0. The molecule has 0 aliphatic carbocycles. The maximum atomic E-state index is 9.87. The van der Waals surface area contributed by atoms with E-state index >= 15 is 0 Å². The first-order valence-electron chi connectivity index (χ1n) is 5.47. The quantitative estimate of drug-likeness (QED) is 0.356. The van der Waals surface area contributed by atoms with Crippen molar-refractivity contribution in [3.05, 3.63) is 24.4 Å². The van der Waals surface area contributed by atoms with Crippen molar-refractivity contribution < 1.29 is 29.7 Å². The van der Waals surface area contributed by atoms with E-state index in [2.05, 4.69) is 38.4 Å². The van der Waals surface area contributed by atoms with Gasteiger partial charge < -0.3 is 0 Å². The van der Waals surface area contributed by atoms with Crippen LogP contribution < -0.4 is 0 Å². The number of allylic oxidation sites excluding steroid dienone is 2. The van der Waals surface area contributed by atoms with Crippen LogP contribution in [0.2, 0.25) is 0 Å². The number of nitrogens with zero attached hydrogens (tertiary/aromatic N) is 1. The summed E-state index contributed by atoms with van der Waals surface area (Å²) in [6.07, 6.45) is 11.4. The Labute approximate surface area is 103 Å².